The van der Waals surface area contributed by atoms with E-state index in [4.69, 9.17) is 4.52 Å². The lowest BCUT2D eigenvalue weighted by Crippen LogP contribution is -2.36. The third-order valence-electron chi connectivity index (χ3n) is 4.62. The number of rotatable bonds is 5. The molecule has 6 nitrogen and oxygen atoms in total. The molecule has 0 bridgehead atoms. The van der Waals surface area contributed by atoms with E-state index in [0.717, 1.165) is 37.3 Å². The highest BCUT2D eigenvalue weighted by molar-refractivity contribution is 5.12. The summed E-state index contributed by atoms with van der Waals surface area (Å²) in [5.74, 6) is 0.571. The SMILES string of the molecule is O=c1ccc(C2CC2)nn1CC1CCCN1Cc1ccon1. The van der Waals surface area contributed by atoms with Crippen molar-refractivity contribution in [2.75, 3.05) is 6.54 Å². The maximum absolute atomic E-state index is 12.1. The molecule has 0 spiro atoms. The zero-order valence-corrected chi connectivity index (χ0v) is 12.5. The maximum atomic E-state index is 12.1. The second-order valence-corrected chi connectivity index (χ2v) is 6.31. The monoisotopic (exact) mass is 300 g/mol. The molecule has 3 heterocycles. The first-order valence-corrected chi connectivity index (χ1v) is 8.01. The Morgan fingerprint density at radius 2 is 2.14 bits per heavy atom. The van der Waals surface area contributed by atoms with Gasteiger partial charge in [-0.3, -0.25) is 9.69 Å². The van der Waals surface area contributed by atoms with Crippen LogP contribution in [0.5, 0.6) is 0 Å². The lowest BCUT2D eigenvalue weighted by Gasteiger charge is -2.23. The van der Waals surface area contributed by atoms with Gasteiger partial charge < -0.3 is 4.52 Å². The Kier molecular flexibility index (Phi) is 3.54. The standard InChI is InChI=1S/C16H20N4O2/c21-16-6-5-15(12-3-4-12)17-20(16)11-14-2-1-8-19(14)10-13-7-9-22-18-13/h5-7,9,12,14H,1-4,8,10-11H2. The first-order valence-electron chi connectivity index (χ1n) is 8.01. The van der Waals surface area contributed by atoms with Crippen molar-refractivity contribution in [3.63, 3.8) is 0 Å². The Morgan fingerprint density at radius 1 is 1.23 bits per heavy atom. The molecule has 22 heavy (non-hydrogen) atoms. The normalized spacial score (nSPS) is 22.3. The summed E-state index contributed by atoms with van der Waals surface area (Å²) in [5.41, 5.74) is 2.01. The minimum absolute atomic E-state index is 0.00214. The van der Waals surface area contributed by atoms with Crippen LogP contribution in [0.25, 0.3) is 0 Å². The van der Waals surface area contributed by atoms with Gasteiger partial charge in [0, 0.05) is 30.6 Å². The number of nitrogens with zero attached hydrogens (tertiary/aromatic N) is 4. The molecule has 6 heteroatoms. The summed E-state index contributed by atoms with van der Waals surface area (Å²) >= 11 is 0. The van der Waals surface area contributed by atoms with Crippen molar-refractivity contribution in [2.24, 2.45) is 0 Å². The Hall–Kier alpha value is -1.95. The molecule has 1 saturated carbocycles. The summed E-state index contributed by atoms with van der Waals surface area (Å²) in [6.45, 7) is 2.48. The van der Waals surface area contributed by atoms with Gasteiger partial charge in [-0.1, -0.05) is 5.16 Å². The van der Waals surface area contributed by atoms with Crippen molar-refractivity contribution in [3.8, 4) is 0 Å². The molecule has 2 fully saturated rings. The van der Waals surface area contributed by atoms with Crippen molar-refractivity contribution < 1.29 is 4.52 Å². The minimum Gasteiger partial charge on any atom is -0.364 e. The van der Waals surface area contributed by atoms with Crippen molar-refractivity contribution in [2.45, 2.75) is 50.7 Å². The predicted molar refractivity (Wildman–Crippen MR) is 80.4 cm³/mol. The third-order valence-corrected chi connectivity index (χ3v) is 4.62. The van der Waals surface area contributed by atoms with Gasteiger partial charge in [0.05, 0.1) is 17.9 Å². The maximum Gasteiger partial charge on any atom is 0.266 e. The van der Waals surface area contributed by atoms with E-state index in [9.17, 15) is 4.79 Å². The fourth-order valence-electron chi connectivity index (χ4n) is 3.23. The van der Waals surface area contributed by atoms with Gasteiger partial charge in [0.25, 0.3) is 5.56 Å². The Morgan fingerprint density at radius 3 is 2.91 bits per heavy atom. The summed E-state index contributed by atoms with van der Waals surface area (Å²) in [6.07, 6.45) is 6.25. The van der Waals surface area contributed by atoms with Crippen LogP contribution in [0.2, 0.25) is 0 Å². The van der Waals surface area contributed by atoms with Gasteiger partial charge in [-0.2, -0.15) is 5.10 Å². The van der Waals surface area contributed by atoms with Crippen LogP contribution in [0.1, 0.15) is 43.0 Å². The number of aromatic nitrogens is 3. The summed E-state index contributed by atoms with van der Waals surface area (Å²) in [5, 5.41) is 8.56. The zero-order valence-electron chi connectivity index (χ0n) is 12.5. The third kappa shape index (κ3) is 2.83. The molecule has 1 saturated heterocycles. The predicted octanol–water partition coefficient (Wildman–Crippen LogP) is 1.77. The highest BCUT2D eigenvalue weighted by Gasteiger charge is 2.28. The van der Waals surface area contributed by atoms with Gasteiger partial charge in [-0.15, -0.1) is 0 Å². The molecule has 0 N–H and O–H groups in total. The number of hydrogen-bond acceptors (Lipinski definition) is 5. The van der Waals surface area contributed by atoms with E-state index in [1.165, 1.54) is 12.8 Å². The lowest BCUT2D eigenvalue weighted by molar-refractivity contribution is 0.210. The van der Waals surface area contributed by atoms with Gasteiger partial charge in [0.2, 0.25) is 0 Å². The molecule has 0 radical (unpaired) electrons. The molecule has 116 valence electrons. The quantitative estimate of drug-likeness (QED) is 0.842. The van der Waals surface area contributed by atoms with Crippen LogP contribution in [0.3, 0.4) is 0 Å². The van der Waals surface area contributed by atoms with Crippen molar-refractivity contribution >= 4 is 0 Å². The highest BCUT2D eigenvalue weighted by Crippen LogP contribution is 2.38. The largest absolute Gasteiger partial charge is 0.364 e. The number of hydrogen-bond donors (Lipinski definition) is 0. The highest BCUT2D eigenvalue weighted by atomic mass is 16.5. The van der Waals surface area contributed by atoms with Crippen LogP contribution in [0, 0.1) is 0 Å². The molecule has 1 aliphatic heterocycles. The van der Waals surface area contributed by atoms with Crippen LogP contribution < -0.4 is 5.56 Å². The molecule has 2 aromatic rings. The van der Waals surface area contributed by atoms with Crippen molar-refractivity contribution in [1.82, 2.24) is 19.8 Å². The first kappa shape index (κ1) is 13.7. The fraction of sp³-hybridized carbons (Fsp3) is 0.562. The molecule has 2 aromatic heterocycles. The van der Waals surface area contributed by atoms with Crippen LogP contribution in [-0.4, -0.2) is 32.4 Å². The van der Waals surface area contributed by atoms with E-state index in [0.29, 0.717) is 18.5 Å². The summed E-state index contributed by atoms with van der Waals surface area (Å²) in [7, 11) is 0. The molecule has 1 atom stereocenters. The topological polar surface area (TPSA) is 64.2 Å². The van der Waals surface area contributed by atoms with E-state index in [-0.39, 0.29) is 5.56 Å². The second kappa shape index (κ2) is 5.68. The molecule has 4 rings (SSSR count). The molecule has 2 aliphatic rings. The van der Waals surface area contributed by atoms with Crippen LogP contribution >= 0.6 is 0 Å². The van der Waals surface area contributed by atoms with E-state index in [1.54, 1.807) is 17.0 Å². The van der Waals surface area contributed by atoms with Crippen molar-refractivity contribution in [3.05, 3.63) is 46.2 Å². The van der Waals surface area contributed by atoms with Gasteiger partial charge in [0.15, 0.2) is 0 Å². The molecule has 0 amide bonds. The summed E-state index contributed by atoms with van der Waals surface area (Å²) < 4.78 is 6.55. The molecular weight excluding hydrogens is 280 g/mol. The smallest absolute Gasteiger partial charge is 0.266 e. The van der Waals surface area contributed by atoms with Crippen LogP contribution in [0.4, 0.5) is 0 Å². The van der Waals surface area contributed by atoms with Crippen LogP contribution in [0.15, 0.2) is 33.8 Å². The Labute approximate surface area is 128 Å². The Bertz CT molecular complexity index is 690. The Balaban J connectivity index is 1.49. The van der Waals surface area contributed by atoms with E-state index < -0.39 is 0 Å². The first-order chi connectivity index (χ1) is 10.8. The van der Waals surface area contributed by atoms with E-state index in [2.05, 4.69) is 15.2 Å². The second-order valence-electron chi connectivity index (χ2n) is 6.31. The number of likely N-dealkylation sites (tertiary alicyclic amines) is 1. The molecule has 0 aromatic carbocycles. The zero-order chi connectivity index (χ0) is 14.9. The molecule has 1 aliphatic carbocycles. The van der Waals surface area contributed by atoms with Gasteiger partial charge in [0.1, 0.15) is 6.26 Å². The average molecular weight is 300 g/mol. The lowest BCUT2D eigenvalue weighted by atomic mass is 10.2. The van der Waals surface area contributed by atoms with E-state index in [1.807, 2.05) is 12.1 Å². The fourth-order valence-corrected chi connectivity index (χ4v) is 3.23. The van der Waals surface area contributed by atoms with Gasteiger partial charge in [-0.05, 0) is 38.3 Å². The molecule has 1 unspecified atom stereocenters. The minimum atomic E-state index is -0.00214. The van der Waals surface area contributed by atoms with Gasteiger partial charge in [-0.25, -0.2) is 4.68 Å². The van der Waals surface area contributed by atoms with Crippen molar-refractivity contribution in [1.29, 1.82) is 0 Å². The molecular formula is C16H20N4O2. The van der Waals surface area contributed by atoms with E-state index >= 15 is 0 Å². The summed E-state index contributed by atoms with van der Waals surface area (Å²) in [6, 6.07) is 5.79. The van der Waals surface area contributed by atoms with Crippen LogP contribution in [-0.2, 0) is 13.1 Å². The average Bonchev–Trinajstić information content (AvgIpc) is 3.08. The summed E-state index contributed by atoms with van der Waals surface area (Å²) in [4.78, 5) is 14.5. The van der Waals surface area contributed by atoms with Gasteiger partial charge >= 0.3 is 0 Å².